The van der Waals surface area contributed by atoms with Gasteiger partial charge < -0.3 is 0 Å². The molecule has 0 heterocycles. The van der Waals surface area contributed by atoms with Crippen LogP contribution >= 0.6 is 0 Å². The number of unbranched alkanes of at least 4 members (excludes halogenated alkanes) is 3. The molecule has 0 N–H and O–H groups in total. The lowest BCUT2D eigenvalue weighted by atomic mass is 9.83. The number of Topliss-reactive ketones (excluding diaryl/α,β-unsaturated/α-hetero) is 1. The molecule has 0 rings (SSSR count). The second kappa shape index (κ2) is 6.17. The van der Waals surface area contributed by atoms with Gasteiger partial charge in [0, 0.05) is 11.8 Å². The van der Waals surface area contributed by atoms with Gasteiger partial charge >= 0.3 is 0 Å². The van der Waals surface area contributed by atoms with E-state index < -0.39 is 0 Å². The largest absolute Gasteiger partial charge is 0.299 e. The van der Waals surface area contributed by atoms with Gasteiger partial charge in [0.25, 0.3) is 0 Å². The van der Waals surface area contributed by atoms with Crippen molar-refractivity contribution in [2.45, 2.75) is 66.2 Å². The first-order valence-electron chi connectivity index (χ1n) is 5.58. The third-order valence-corrected chi connectivity index (χ3v) is 2.90. The van der Waals surface area contributed by atoms with Crippen LogP contribution in [-0.4, -0.2) is 5.78 Å². The maximum atomic E-state index is 11.7. The smallest absolute Gasteiger partial charge is 0.138 e. The molecule has 0 aromatic heterocycles. The van der Waals surface area contributed by atoms with E-state index in [0.717, 1.165) is 19.3 Å². The summed E-state index contributed by atoms with van der Waals surface area (Å²) in [5.74, 6) is 0.436. The van der Waals surface area contributed by atoms with Gasteiger partial charge in [0.2, 0.25) is 0 Å². The molecule has 0 aliphatic heterocycles. The summed E-state index contributed by atoms with van der Waals surface area (Å²) in [4.78, 5) is 11.7. The van der Waals surface area contributed by atoms with Crippen molar-refractivity contribution in [2.24, 2.45) is 5.41 Å². The van der Waals surface area contributed by atoms with Crippen molar-refractivity contribution in [1.29, 1.82) is 0 Å². The van der Waals surface area contributed by atoms with Gasteiger partial charge in [0.1, 0.15) is 5.78 Å². The minimum absolute atomic E-state index is 0.0911. The van der Waals surface area contributed by atoms with E-state index in [1.165, 1.54) is 19.3 Å². The van der Waals surface area contributed by atoms with E-state index >= 15 is 0 Å². The molecular formula is C12H24O. The highest BCUT2D eigenvalue weighted by Gasteiger charge is 2.23. The molecule has 0 aliphatic rings. The highest BCUT2D eigenvalue weighted by molar-refractivity contribution is 5.83. The first kappa shape index (κ1) is 12.7. The summed E-state index contributed by atoms with van der Waals surface area (Å²) in [7, 11) is 0. The van der Waals surface area contributed by atoms with Crippen molar-refractivity contribution in [3.05, 3.63) is 0 Å². The molecule has 13 heavy (non-hydrogen) atoms. The fourth-order valence-corrected chi connectivity index (χ4v) is 1.25. The molecule has 0 saturated heterocycles. The normalized spacial score (nSPS) is 11.7. The lowest BCUT2D eigenvalue weighted by molar-refractivity contribution is -0.127. The average molecular weight is 184 g/mol. The Hall–Kier alpha value is -0.330. The average Bonchev–Trinajstić information content (AvgIpc) is 2.12. The number of rotatable bonds is 7. The van der Waals surface area contributed by atoms with Crippen LogP contribution in [0.3, 0.4) is 0 Å². The van der Waals surface area contributed by atoms with Crippen molar-refractivity contribution in [3.8, 4) is 0 Å². The lowest BCUT2D eigenvalue weighted by Gasteiger charge is -2.20. The minimum atomic E-state index is -0.0911. The Bertz CT molecular complexity index is 147. The quantitative estimate of drug-likeness (QED) is 0.547. The van der Waals surface area contributed by atoms with E-state index in [-0.39, 0.29) is 5.41 Å². The summed E-state index contributed by atoms with van der Waals surface area (Å²) in [5, 5.41) is 0. The van der Waals surface area contributed by atoms with Gasteiger partial charge in [-0.25, -0.2) is 0 Å². The molecule has 0 spiro atoms. The van der Waals surface area contributed by atoms with Crippen LogP contribution < -0.4 is 0 Å². The van der Waals surface area contributed by atoms with Crippen molar-refractivity contribution in [2.75, 3.05) is 0 Å². The molecule has 1 nitrogen and oxygen atoms in total. The molecular weight excluding hydrogens is 160 g/mol. The van der Waals surface area contributed by atoms with Gasteiger partial charge in [-0.05, 0) is 12.8 Å². The fraction of sp³-hybridized carbons (Fsp3) is 0.917. The van der Waals surface area contributed by atoms with Crippen molar-refractivity contribution >= 4 is 5.78 Å². The molecule has 0 amide bonds. The van der Waals surface area contributed by atoms with Crippen LogP contribution in [0.15, 0.2) is 0 Å². The minimum Gasteiger partial charge on any atom is -0.299 e. The molecule has 0 aromatic rings. The predicted molar refractivity (Wildman–Crippen MR) is 57.8 cm³/mol. The number of hydrogen-bond acceptors (Lipinski definition) is 1. The zero-order valence-corrected chi connectivity index (χ0v) is 9.65. The van der Waals surface area contributed by atoms with Crippen molar-refractivity contribution in [1.82, 2.24) is 0 Å². The topological polar surface area (TPSA) is 17.1 Å². The van der Waals surface area contributed by atoms with Crippen LogP contribution in [0, 0.1) is 5.41 Å². The summed E-state index contributed by atoms with van der Waals surface area (Å²) < 4.78 is 0. The molecule has 0 unspecified atom stereocenters. The Morgan fingerprint density at radius 2 is 1.69 bits per heavy atom. The van der Waals surface area contributed by atoms with Crippen LogP contribution in [0.1, 0.15) is 66.2 Å². The summed E-state index contributed by atoms with van der Waals surface area (Å²) in [6, 6.07) is 0. The third kappa shape index (κ3) is 5.07. The Morgan fingerprint density at radius 3 is 2.15 bits per heavy atom. The van der Waals surface area contributed by atoms with Crippen LogP contribution in [0.2, 0.25) is 0 Å². The van der Waals surface area contributed by atoms with Gasteiger partial charge in [0.15, 0.2) is 0 Å². The molecule has 78 valence electrons. The molecule has 0 radical (unpaired) electrons. The van der Waals surface area contributed by atoms with Crippen molar-refractivity contribution < 1.29 is 4.79 Å². The van der Waals surface area contributed by atoms with Crippen LogP contribution in [0.4, 0.5) is 0 Å². The highest BCUT2D eigenvalue weighted by atomic mass is 16.1. The maximum Gasteiger partial charge on any atom is 0.138 e. The van der Waals surface area contributed by atoms with Crippen LogP contribution in [-0.2, 0) is 4.79 Å². The van der Waals surface area contributed by atoms with E-state index in [4.69, 9.17) is 0 Å². The van der Waals surface area contributed by atoms with Gasteiger partial charge in [-0.2, -0.15) is 0 Å². The number of ketones is 1. The molecule has 1 heteroatoms. The molecule has 0 aromatic carbocycles. The SMILES string of the molecule is CCCCCCC(=O)C(C)(C)CC. The molecule has 0 aliphatic carbocycles. The Balaban J connectivity index is 3.62. The van der Waals surface area contributed by atoms with E-state index in [0.29, 0.717) is 5.78 Å². The standard InChI is InChI=1S/C12H24O/c1-5-7-8-9-10-11(13)12(3,4)6-2/h5-10H2,1-4H3. The Morgan fingerprint density at radius 1 is 1.08 bits per heavy atom. The van der Waals surface area contributed by atoms with Gasteiger partial charge in [0.05, 0.1) is 0 Å². The number of carbonyl (C=O) groups excluding carboxylic acids is 1. The summed E-state index contributed by atoms with van der Waals surface area (Å²) in [6.07, 6.45) is 6.53. The summed E-state index contributed by atoms with van der Waals surface area (Å²) >= 11 is 0. The molecule has 0 bridgehead atoms. The molecule has 0 atom stereocenters. The third-order valence-electron chi connectivity index (χ3n) is 2.90. The lowest BCUT2D eigenvalue weighted by Crippen LogP contribution is -2.22. The monoisotopic (exact) mass is 184 g/mol. The zero-order chi connectivity index (χ0) is 10.3. The van der Waals surface area contributed by atoms with Crippen LogP contribution in [0.25, 0.3) is 0 Å². The summed E-state index contributed by atoms with van der Waals surface area (Å²) in [6.45, 7) is 8.38. The van der Waals surface area contributed by atoms with Crippen LogP contribution in [0.5, 0.6) is 0 Å². The fourth-order valence-electron chi connectivity index (χ4n) is 1.25. The Labute approximate surface area is 82.9 Å². The van der Waals surface area contributed by atoms with Gasteiger partial charge in [-0.3, -0.25) is 4.79 Å². The Kier molecular flexibility index (Phi) is 6.02. The number of carbonyl (C=O) groups is 1. The van der Waals surface area contributed by atoms with Crippen molar-refractivity contribution in [3.63, 3.8) is 0 Å². The van der Waals surface area contributed by atoms with E-state index in [1.54, 1.807) is 0 Å². The predicted octanol–water partition coefficient (Wildman–Crippen LogP) is 3.96. The molecule has 0 saturated carbocycles. The van der Waals surface area contributed by atoms with E-state index in [1.807, 2.05) is 0 Å². The van der Waals surface area contributed by atoms with Gasteiger partial charge in [-0.1, -0.05) is 47.0 Å². The molecule has 0 fully saturated rings. The van der Waals surface area contributed by atoms with Gasteiger partial charge in [-0.15, -0.1) is 0 Å². The first-order chi connectivity index (χ1) is 6.04. The van der Waals surface area contributed by atoms with E-state index in [2.05, 4.69) is 27.7 Å². The van der Waals surface area contributed by atoms with E-state index in [9.17, 15) is 4.79 Å². The zero-order valence-electron chi connectivity index (χ0n) is 9.65. The summed E-state index contributed by atoms with van der Waals surface area (Å²) in [5.41, 5.74) is -0.0911. The highest BCUT2D eigenvalue weighted by Crippen LogP contribution is 2.23. The second-order valence-electron chi connectivity index (χ2n) is 4.47. The number of hydrogen-bond donors (Lipinski definition) is 0. The first-order valence-corrected chi connectivity index (χ1v) is 5.58. The second-order valence-corrected chi connectivity index (χ2v) is 4.47. The maximum absolute atomic E-state index is 11.7.